The number of rotatable bonds is 10. The summed E-state index contributed by atoms with van der Waals surface area (Å²) in [5.41, 5.74) is 5.47. The summed E-state index contributed by atoms with van der Waals surface area (Å²) in [4.78, 5) is 47.0. The van der Waals surface area contributed by atoms with Crippen molar-refractivity contribution in [2.75, 3.05) is 0 Å². The molecule has 0 aliphatic rings. The monoisotopic (exact) mass is 374 g/mol. The molecule has 0 aliphatic carbocycles. The average molecular weight is 374 g/mol. The minimum absolute atomic E-state index is 0.0645. The molecule has 0 spiro atoms. The highest BCUT2D eigenvalue weighted by Crippen LogP contribution is 2.05. The number of hydrogen-bond acceptors (Lipinski definition) is 6. The van der Waals surface area contributed by atoms with Gasteiger partial charge in [-0.3, -0.25) is 14.4 Å². The van der Waals surface area contributed by atoms with Gasteiger partial charge >= 0.3 is 5.97 Å². The molecule has 0 radical (unpaired) electrons. The van der Waals surface area contributed by atoms with E-state index in [1.54, 1.807) is 0 Å². The van der Waals surface area contributed by atoms with Crippen LogP contribution in [-0.2, 0) is 19.2 Å². The van der Waals surface area contributed by atoms with Crippen LogP contribution >= 0.6 is 0 Å². The lowest BCUT2D eigenvalue weighted by Crippen LogP contribution is -2.56. The molecule has 0 saturated carbocycles. The molecule has 0 rings (SSSR count). The Balaban J connectivity index is 4.66. The predicted octanol–water partition coefficient (Wildman–Crippen LogP) is -1.68. The summed E-state index contributed by atoms with van der Waals surface area (Å²) in [5, 5.41) is 25.5. The lowest BCUT2D eigenvalue weighted by molar-refractivity contribution is -0.142. The molecule has 5 atom stereocenters. The Morgan fingerprint density at radius 2 is 1.27 bits per heavy atom. The van der Waals surface area contributed by atoms with Gasteiger partial charge in [-0.15, -0.1) is 0 Å². The van der Waals surface area contributed by atoms with Gasteiger partial charge in [0.05, 0.1) is 6.10 Å². The quantitative estimate of drug-likeness (QED) is 0.265. The molecule has 10 heteroatoms. The Labute approximate surface area is 152 Å². The van der Waals surface area contributed by atoms with Gasteiger partial charge in [-0.1, -0.05) is 13.8 Å². The van der Waals surface area contributed by atoms with E-state index < -0.39 is 54.0 Å². The number of aliphatic hydroxyl groups excluding tert-OH is 1. The summed E-state index contributed by atoms with van der Waals surface area (Å²) in [6, 6.07) is -4.23. The molecule has 0 fully saturated rings. The molecule has 150 valence electrons. The number of carbonyl (C=O) groups excluding carboxylic acids is 3. The van der Waals surface area contributed by atoms with Crippen LogP contribution in [0.5, 0.6) is 0 Å². The second kappa shape index (κ2) is 10.7. The zero-order valence-corrected chi connectivity index (χ0v) is 15.8. The molecular weight excluding hydrogens is 344 g/mol. The molecule has 7 N–H and O–H groups in total. The summed E-state index contributed by atoms with van der Waals surface area (Å²) in [6.45, 7) is 7.80. The molecule has 0 heterocycles. The highest BCUT2D eigenvalue weighted by Gasteiger charge is 2.27. The molecular formula is C16H30N4O6. The van der Waals surface area contributed by atoms with Crippen LogP contribution in [0.1, 0.15) is 41.0 Å². The first-order valence-corrected chi connectivity index (χ1v) is 8.44. The van der Waals surface area contributed by atoms with Crippen LogP contribution in [0, 0.1) is 5.92 Å². The molecule has 3 amide bonds. The van der Waals surface area contributed by atoms with E-state index >= 15 is 0 Å². The van der Waals surface area contributed by atoms with Crippen LogP contribution < -0.4 is 21.7 Å². The van der Waals surface area contributed by atoms with Gasteiger partial charge in [-0.2, -0.15) is 0 Å². The van der Waals surface area contributed by atoms with Crippen LogP contribution in [0.25, 0.3) is 0 Å². The van der Waals surface area contributed by atoms with E-state index in [2.05, 4.69) is 16.0 Å². The summed E-state index contributed by atoms with van der Waals surface area (Å²) >= 11 is 0. The van der Waals surface area contributed by atoms with Crippen molar-refractivity contribution in [2.24, 2.45) is 11.7 Å². The number of aliphatic carboxylic acids is 1. The maximum atomic E-state index is 12.1. The zero-order valence-electron chi connectivity index (χ0n) is 15.8. The second-order valence-corrected chi connectivity index (χ2v) is 6.76. The Morgan fingerprint density at radius 1 is 0.846 bits per heavy atom. The lowest BCUT2D eigenvalue weighted by atomic mass is 10.0. The van der Waals surface area contributed by atoms with Crippen LogP contribution in [0.15, 0.2) is 0 Å². The van der Waals surface area contributed by atoms with Gasteiger partial charge < -0.3 is 31.9 Å². The molecule has 10 nitrogen and oxygen atoms in total. The first-order valence-electron chi connectivity index (χ1n) is 8.44. The van der Waals surface area contributed by atoms with Gasteiger partial charge in [0.2, 0.25) is 17.7 Å². The second-order valence-electron chi connectivity index (χ2n) is 6.76. The standard InChI is InChI=1S/C16H30N4O6/c1-7(2)6-11(16(25)26)20-14(23)9(4)18-13(22)8(3)19-15(24)12(17)10(5)21/h7-12,21H,6,17H2,1-5H3,(H,18,22)(H,19,24)(H,20,23)(H,25,26). The minimum atomic E-state index is -1.18. The van der Waals surface area contributed by atoms with Crippen molar-refractivity contribution in [2.45, 2.75) is 71.3 Å². The number of nitrogens with one attached hydrogen (secondary N) is 3. The molecule has 0 saturated heterocycles. The van der Waals surface area contributed by atoms with E-state index in [0.717, 1.165) is 0 Å². The highest BCUT2D eigenvalue weighted by atomic mass is 16.4. The molecule has 5 unspecified atom stereocenters. The topological polar surface area (TPSA) is 171 Å². The van der Waals surface area contributed by atoms with Crippen LogP contribution in [-0.4, -0.2) is 64.2 Å². The summed E-state index contributed by atoms with van der Waals surface area (Å²) in [6.07, 6.45) is -0.824. The van der Waals surface area contributed by atoms with Crippen molar-refractivity contribution in [1.29, 1.82) is 0 Å². The highest BCUT2D eigenvalue weighted by molar-refractivity contribution is 5.93. The van der Waals surface area contributed by atoms with Gasteiger partial charge in [0.25, 0.3) is 0 Å². The van der Waals surface area contributed by atoms with Gasteiger partial charge in [0.15, 0.2) is 0 Å². The average Bonchev–Trinajstić information content (AvgIpc) is 2.52. The first kappa shape index (κ1) is 23.8. The number of aliphatic hydroxyl groups is 1. The molecule has 0 aromatic carbocycles. The van der Waals surface area contributed by atoms with Crippen molar-refractivity contribution in [1.82, 2.24) is 16.0 Å². The Morgan fingerprint density at radius 3 is 1.65 bits per heavy atom. The number of hydrogen-bond donors (Lipinski definition) is 6. The predicted molar refractivity (Wildman–Crippen MR) is 93.9 cm³/mol. The van der Waals surface area contributed by atoms with Crippen LogP contribution in [0.2, 0.25) is 0 Å². The summed E-state index contributed by atoms with van der Waals surface area (Å²) in [7, 11) is 0. The third-order valence-corrected chi connectivity index (χ3v) is 3.65. The van der Waals surface area contributed by atoms with Gasteiger partial charge in [0.1, 0.15) is 24.2 Å². The largest absolute Gasteiger partial charge is 0.480 e. The number of carboxylic acids is 1. The zero-order chi connectivity index (χ0) is 20.6. The maximum Gasteiger partial charge on any atom is 0.326 e. The van der Waals surface area contributed by atoms with Gasteiger partial charge in [0, 0.05) is 0 Å². The molecule has 0 aliphatic heterocycles. The molecule has 0 aromatic heterocycles. The smallest absolute Gasteiger partial charge is 0.326 e. The molecule has 0 aromatic rings. The van der Waals surface area contributed by atoms with Crippen molar-refractivity contribution >= 4 is 23.7 Å². The Bertz CT molecular complexity index is 523. The number of amides is 3. The Kier molecular flexibility index (Phi) is 9.81. The fourth-order valence-corrected chi connectivity index (χ4v) is 1.99. The third-order valence-electron chi connectivity index (χ3n) is 3.65. The van der Waals surface area contributed by atoms with Crippen molar-refractivity contribution < 1.29 is 29.4 Å². The van der Waals surface area contributed by atoms with E-state index in [0.29, 0.717) is 0 Å². The summed E-state index contributed by atoms with van der Waals surface area (Å²) < 4.78 is 0. The summed E-state index contributed by atoms with van der Waals surface area (Å²) in [5.74, 6) is -3.09. The van der Waals surface area contributed by atoms with E-state index in [-0.39, 0.29) is 12.3 Å². The van der Waals surface area contributed by atoms with Crippen LogP contribution in [0.3, 0.4) is 0 Å². The van der Waals surface area contributed by atoms with Crippen LogP contribution in [0.4, 0.5) is 0 Å². The lowest BCUT2D eigenvalue weighted by Gasteiger charge is -2.22. The maximum absolute atomic E-state index is 12.1. The van der Waals surface area contributed by atoms with E-state index in [4.69, 9.17) is 10.8 Å². The van der Waals surface area contributed by atoms with E-state index in [1.807, 2.05) is 13.8 Å². The number of carbonyl (C=O) groups is 4. The van der Waals surface area contributed by atoms with E-state index in [9.17, 15) is 24.3 Å². The third kappa shape index (κ3) is 8.26. The first-order chi connectivity index (χ1) is 11.9. The van der Waals surface area contributed by atoms with E-state index in [1.165, 1.54) is 20.8 Å². The van der Waals surface area contributed by atoms with Crippen molar-refractivity contribution in [3.05, 3.63) is 0 Å². The fourth-order valence-electron chi connectivity index (χ4n) is 1.99. The fraction of sp³-hybridized carbons (Fsp3) is 0.750. The number of nitrogens with two attached hydrogens (primary N) is 1. The van der Waals surface area contributed by atoms with Crippen molar-refractivity contribution in [3.63, 3.8) is 0 Å². The minimum Gasteiger partial charge on any atom is -0.480 e. The SMILES string of the molecule is CC(C)CC(NC(=O)C(C)NC(=O)C(C)NC(=O)C(N)C(C)O)C(=O)O. The normalized spacial score (nSPS) is 16.8. The molecule has 26 heavy (non-hydrogen) atoms. The van der Waals surface area contributed by atoms with Crippen molar-refractivity contribution in [3.8, 4) is 0 Å². The molecule has 0 bridgehead atoms. The van der Waals surface area contributed by atoms with Gasteiger partial charge in [-0.05, 0) is 33.1 Å². The Hall–Kier alpha value is -2.20. The van der Waals surface area contributed by atoms with Gasteiger partial charge in [-0.25, -0.2) is 4.79 Å². The number of carboxylic acid groups (broad SMARTS) is 1.